The second kappa shape index (κ2) is 4.61. The van der Waals surface area contributed by atoms with Crippen LogP contribution >= 0.6 is 11.6 Å². The Labute approximate surface area is 97.8 Å². The monoisotopic (exact) mass is 239 g/mol. The second-order valence-electron chi connectivity index (χ2n) is 3.50. The highest BCUT2D eigenvalue weighted by molar-refractivity contribution is 6.17. The molecule has 0 bridgehead atoms. The first-order chi connectivity index (χ1) is 7.72. The van der Waals surface area contributed by atoms with Gasteiger partial charge in [0.15, 0.2) is 0 Å². The maximum Gasteiger partial charge on any atom is 0.149 e. The Kier molecular flexibility index (Phi) is 3.19. The van der Waals surface area contributed by atoms with Crippen molar-refractivity contribution in [3.05, 3.63) is 41.5 Å². The number of halogens is 2. The van der Waals surface area contributed by atoms with E-state index in [-0.39, 0.29) is 5.82 Å². The van der Waals surface area contributed by atoms with Gasteiger partial charge in [0.1, 0.15) is 11.5 Å². The first kappa shape index (κ1) is 11.1. The molecule has 0 N–H and O–H groups in total. The highest BCUT2D eigenvalue weighted by Crippen LogP contribution is 2.17. The van der Waals surface area contributed by atoms with Crippen LogP contribution in [0.5, 0.6) is 0 Å². The summed E-state index contributed by atoms with van der Waals surface area (Å²) < 4.78 is 15.1. The van der Waals surface area contributed by atoms with E-state index in [2.05, 4.69) is 10.3 Å². The van der Waals surface area contributed by atoms with Gasteiger partial charge in [-0.2, -0.15) is 0 Å². The van der Waals surface area contributed by atoms with E-state index in [1.165, 1.54) is 10.7 Å². The summed E-state index contributed by atoms with van der Waals surface area (Å²) in [5, 5.41) is 7.82. The van der Waals surface area contributed by atoms with Gasteiger partial charge in [-0.25, -0.2) is 9.07 Å². The van der Waals surface area contributed by atoms with Gasteiger partial charge in [0, 0.05) is 12.3 Å². The molecule has 0 aliphatic rings. The lowest BCUT2D eigenvalue weighted by Crippen LogP contribution is -2.01. The lowest BCUT2D eigenvalue weighted by Gasteiger charge is -2.05. The van der Waals surface area contributed by atoms with Crippen LogP contribution in [-0.2, 0) is 6.42 Å². The van der Waals surface area contributed by atoms with E-state index in [9.17, 15) is 4.39 Å². The van der Waals surface area contributed by atoms with Gasteiger partial charge in [0.05, 0.1) is 11.9 Å². The molecule has 2 aromatic rings. The number of nitrogens with zero attached hydrogens (tertiary/aromatic N) is 3. The molecule has 0 fully saturated rings. The summed E-state index contributed by atoms with van der Waals surface area (Å²) >= 11 is 5.60. The Hall–Kier alpha value is -1.42. The van der Waals surface area contributed by atoms with Crippen molar-refractivity contribution in [2.24, 2.45) is 0 Å². The first-order valence-corrected chi connectivity index (χ1v) is 5.48. The Morgan fingerprint density at radius 3 is 2.94 bits per heavy atom. The molecule has 1 heterocycles. The highest BCUT2D eigenvalue weighted by atomic mass is 35.5. The second-order valence-corrected chi connectivity index (χ2v) is 3.88. The van der Waals surface area contributed by atoms with E-state index in [0.29, 0.717) is 18.0 Å². The summed E-state index contributed by atoms with van der Waals surface area (Å²) in [5.41, 5.74) is 2.02. The molecule has 0 aliphatic heterocycles. The van der Waals surface area contributed by atoms with E-state index >= 15 is 0 Å². The van der Waals surface area contributed by atoms with Crippen LogP contribution in [0.2, 0.25) is 0 Å². The molecule has 0 aliphatic carbocycles. The minimum atomic E-state index is -0.303. The number of hydrogen-bond donors (Lipinski definition) is 0. The molecule has 3 nitrogen and oxygen atoms in total. The molecule has 0 amide bonds. The number of hydrogen-bond acceptors (Lipinski definition) is 2. The predicted octanol–water partition coefficient (Wildman–Crippen LogP) is 2.50. The number of aryl methyl sites for hydroxylation is 2. The Morgan fingerprint density at radius 2 is 2.25 bits per heavy atom. The fourth-order valence-electron chi connectivity index (χ4n) is 1.53. The van der Waals surface area contributed by atoms with Crippen LogP contribution in [-0.4, -0.2) is 20.9 Å². The highest BCUT2D eigenvalue weighted by Gasteiger charge is 2.09. The van der Waals surface area contributed by atoms with Crippen LogP contribution in [0.3, 0.4) is 0 Å². The zero-order valence-electron chi connectivity index (χ0n) is 8.82. The van der Waals surface area contributed by atoms with Crippen LogP contribution in [0.25, 0.3) is 5.69 Å². The molecule has 16 heavy (non-hydrogen) atoms. The fraction of sp³-hybridized carbons (Fsp3) is 0.273. The lowest BCUT2D eigenvalue weighted by molar-refractivity contribution is 0.605. The Bertz CT molecular complexity index is 475. The topological polar surface area (TPSA) is 30.7 Å². The van der Waals surface area contributed by atoms with Crippen LogP contribution in [0.1, 0.15) is 11.3 Å². The summed E-state index contributed by atoms with van der Waals surface area (Å²) in [6.07, 6.45) is 2.34. The van der Waals surface area contributed by atoms with E-state index in [1.807, 2.05) is 13.0 Å². The maximum absolute atomic E-state index is 13.6. The van der Waals surface area contributed by atoms with Crippen LogP contribution in [0, 0.1) is 12.7 Å². The van der Waals surface area contributed by atoms with Gasteiger partial charge >= 0.3 is 0 Å². The molecule has 0 saturated heterocycles. The summed E-state index contributed by atoms with van der Waals surface area (Å²) in [6, 6.07) is 4.91. The van der Waals surface area contributed by atoms with Crippen molar-refractivity contribution in [1.82, 2.24) is 15.0 Å². The van der Waals surface area contributed by atoms with Gasteiger partial charge in [0.25, 0.3) is 0 Å². The number of rotatable bonds is 3. The molecule has 0 unspecified atom stereocenters. The third-order valence-corrected chi connectivity index (χ3v) is 2.50. The van der Waals surface area contributed by atoms with Gasteiger partial charge in [0.2, 0.25) is 0 Å². The fourth-order valence-corrected chi connectivity index (χ4v) is 1.73. The molecule has 2 rings (SSSR count). The van der Waals surface area contributed by atoms with Crippen LogP contribution < -0.4 is 0 Å². The zero-order chi connectivity index (χ0) is 11.5. The smallest absolute Gasteiger partial charge is 0.149 e. The lowest BCUT2D eigenvalue weighted by atomic mass is 10.2. The van der Waals surface area contributed by atoms with Gasteiger partial charge in [-0.3, -0.25) is 0 Å². The molecule has 84 valence electrons. The van der Waals surface area contributed by atoms with Crippen molar-refractivity contribution < 1.29 is 4.39 Å². The molecule has 0 radical (unpaired) electrons. The number of benzene rings is 1. The van der Waals surface area contributed by atoms with Crippen LogP contribution in [0.15, 0.2) is 24.4 Å². The minimum Gasteiger partial charge on any atom is -0.217 e. The van der Waals surface area contributed by atoms with Crippen molar-refractivity contribution in [2.45, 2.75) is 13.3 Å². The summed E-state index contributed by atoms with van der Waals surface area (Å²) in [4.78, 5) is 0. The van der Waals surface area contributed by atoms with Crippen LogP contribution in [0.4, 0.5) is 4.39 Å². The van der Waals surface area contributed by atoms with Crippen molar-refractivity contribution >= 4 is 11.6 Å². The van der Waals surface area contributed by atoms with Gasteiger partial charge in [-0.15, -0.1) is 16.7 Å². The van der Waals surface area contributed by atoms with Crippen molar-refractivity contribution in [3.8, 4) is 5.69 Å². The van der Waals surface area contributed by atoms with Gasteiger partial charge < -0.3 is 0 Å². The standard InChI is InChI=1S/C11H11ClFN3/c1-8-3-2-4-10(13)11(8)16-7-9(5-6-12)14-15-16/h2-4,7H,5-6H2,1H3. The summed E-state index contributed by atoms with van der Waals surface area (Å²) in [7, 11) is 0. The van der Waals surface area contributed by atoms with Gasteiger partial charge in [-0.1, -0.05) is 17.3 Å². The molecular formula is C11H11ClFN3. The summed E-state index contributed by atoms with van der Waals surface area (Å²) in [6.45, 7) is 1.83. The summed E-state index contributed by atoms with van der Waals surface area (Å²) in [5.74, 6) is 0.178. The molecule has 0 saturated carbocycles. The normalized spacial score (nSPS) is 10.7. The third kappa shape index (κ3) is 2.07. The minimum absolute atomic E-state index is 0.303. The largest absolute Gasteiger partial charge is 0.217 e. The average Bonchev–Trinajstić information content (AvgIpc) is 2.67. The molecule has 1 aromatic carbocycles. The molecule has 5 heteroatoms. The van der Waals surface area contributed by atoms with Gasteiger partial charge in [-0.05, 0) is 18.6 Å². The van der Waals surface area contributed by atoms with E-state index < -0.39 is 0 Å². The predicted molar refractivity (Wildman–Crippen MR) is 60.5 cm³/mol. The SMILES string of the molecule is Cc1cccc(F)c1-n1cc(CCCl)nn1. The van der Waals surface area contributed by atoms with Crippen molar-refractivity contribution in [3.63, 3.8) is 0 Å². The quantitative estimate of drug-likeness (QED) is 0.771. The van der Waals surface area contributed by atoms with E-state index in [1.54, 1.807) is 12.3 Å². The van der Waals surface area contributed by atoms with Crippen molar-refractivity contribution in [2.75, 3.05) is 5.88 Å². The number of para-hydroxylation sites is 1. The number of alkyl halides is 1. The zero-order valence-corrected chi connectivity index (χ0v) is 9.58. The molecule has 0 atom stereocenters. The third-order valence-electron chi connectivity index (χ3n) is 2.31. The van der Waals surface area contributed by atoms with E-state index in [4.69, 9.17) is 11.6 Å². The Balaban J connectivity index is 2.42. The van der Waals surface area contributed by atoms with E-state index in [0.717, 1.165) is 11.3 Å². The maximum atomic E-state index is 13.6. The van der Waals surface area contributed by atoms with Crippen molar-refractivity contribution in [1.29, 1.82) is 0 Å². The number of aromatic nitrogens is 3. The average molecular weight is 240 g/mol. The molecular weight excluding hydrogens is 229 g/mol. The Morgan fingerprint density at radius 1 is 1.44 bits per heavy atom. The molecule has 1 aromatic heterocycles. The molecule has 0 spiro atoms. The first-order valence-electron chi connectivity index (χ1n) is 4.95.